The minimum atomic E-state index is -0.509. The molecule has 3 atom stereocenters. The number of rotatable bonds is 2. The molecule has 3 heteroatoms. The van der Waals surface area contributed by atoms with Gasteiger partial charge in [-0.3, -0.25) is 4.79 Å². The number of nitrogens with two attached hydrogens (primary N) is 1. The molecule has 0 heterocycles. The van der Waals surface area contributed by atoms with Gasteiger partial charge in [0.05, 0.1) is 5.41 Å². The number of esters is 1. The average Bonchev–Trinajstić information content (AvgIpc) is 2.50. The van der Waals surface area contributed by atoms with Crippen LogP contribution in [-0.4, -0.2) is 12.0 Å². The van der Waals surface area contributed by atoms with Crippen molar-refractivity contribution in [3.8, 4) is 0 Å². The molecular weight excluding hydrogens is 262 g/mol. The Morgan fingerprint density at radius 3 is 2.86 bits per heavy atom. The summed E-state index contributed by atoms with van der Waals surface area (Å²) in [6.07, 6.45) is 6.96. The molecule has 0 aliphatic heterocycles. The van der Waals surface area contributed by atoms with Gasteiger partial charge in [0.25, 0.3) is 0 Å². The van der Waals surface area contributed by atoms with E-state index >= 15 is 0 Å². The Morgan fingerprint density at radius 2 is 2.05 bits per heavy atom. The molecule has 0 saturated heterocycles. The Kier molecular flexibility index (Phi) is 4.03. The Hall–Kier alpha value is -1.35. The van der Waals surface area contributed by atoms with E-state index in [-0.39, 0.29) is 18.1 Å². The molecule has 1 fully saturated rings. The van der Waals surface area contributed by atoms with E-state index in [0.717, 1.165) is 44.9 Å². The topological polar surface area (TPSA) is 52.3 Å². The summed E-state index contributed by atoms with van der Waals surface area (Å²) in [4.78, 5) is 12.7. The van der Waals surface area contributed by atoms with Gasteiger partial charge < -0.3 is 10.5 Å². The number of fused-ring (bicyclic) bond motifs is 1. The normalized spacial score (nSPS) is 32.3. The summed E-state index contributed by atoms with van der Waals surface area (Å²) < 4.78 is 5.91. The van der Waals surface area contributed by atoms with Crippen LogP contribution in [0.3, 0.4) is 0 Å². The van der Waals surface area contributed by atoms with E-state index in [0.29, 0.717) is 0 Å². The van der Waals surface area contributed by atoms with Gasteiger partial charge in [-0.25, -0.2) is 0 Å². The third-order valence-corrected chi connectivity index (χ3v) is 5.31. The molecule has 0 bridgehead atoms. The van der Waals surface area contributed by atoms with Crippen LogP contribution in [0.15, 0.2) is 24.3 Å². The maximum absolute atomic E-state index is 12.7. The second-order valence-corrected chi connectivity index (χ2v) is 6.75. The lowest BCUT2D eigenvalue weighted by Gasteiger charge is -2.38. The molecule has 1 saturated carbocycles. The lowest BCUT2D eigenvalue weighted by Crippen LogP contribution is -2.48. The van der Waals surface area contributed by atoms with Gasteiger partial charge in [0.15, 0.2) is 0 Å². The standard InChI is InChI=1S/C18H25NO2/c1-18(12-5-4-11-16(18)19)17(20)21-15-10-6-8-13-7-2-3-9-14(13)15/h2-3,7,9,15-16H,4-6,8,10-12,19H2,1H3. The zero-order chi connectivity index (χ0) is 14.9. The monoisotopic (exact) mass is 287 g/mol. The maximum atomic E-state index is 12.7. The molecule has 114 valence electrons. The third-order valence-electron chi connectivity index (χ3n) is 5.31. The molecular formula is C18H25NO2. The molecule has 2 aliphatic rings. The van der Waals surface area contributed by atoms with Crippen LogP contribution in [0.4, 0.5) is 0 Å². The number of benzene rings is 1. The third kappa shape index (κ3) is 2.71. The number of hydrogen-bond acceptors (Lipinski definition) is 3. The summed E-state index contributed by atoms with van der Waals surface area (Å²) in [6, 6.07) is 8.25. The Bertz CT molecular complexity index is 528. The van der Waals surface area contributed by atoms with E-state index in [1.807, 2.05) is 13.0 Å². The second kappa shape index (κ2) is 5.80. The fourth-order valence-electron chi connectivity index (χ4n) is 3.71. The van der Waals surface area contributed by atoms with Gasteiger partial charge in [-0.15, -0.1) is 0 Å². The second-order valence-electron chi connectivity index (χ2n) is 6.75. The zero-order valence-corrected chi connectivity index (χ0v) is 12.8. The van der Waals surface area contributed by atoms with E-state index in [9.17, 15) is 4.79 Å². The van der Waals surface area contributed by atoms with E-state index in [4.69, 9.17) is 10.5 Å². The summed E-state index contributed by atoms with van der Waals surface area (Å²) in [7, 11) is 0. The quantitative estimate of drug-likeness (QED) is 0.847. The molecule has 2 N–H and O–H groups in total. The Balaban J connectivity index is 1.76. The van der Waals surface area contributed by atoms with Crippen molar-refractivity contribution in [2.45, 2.75) is 64.0 Å². The number of ether oxygens (including phenoxy) is 1. The van der Waals surface area contributed by atoms with Gasteiger partial charge in [-0.2, -0.15) is 0 Å². The van der Waals surface area contributed by atoms with Crippen LogP contribution >= 0.6 is 0 Å². The Morgan fingerprint density at radius 1 is 1.24 bits per heavy atom. The predicted molar refractivity (Wildman–Crippen MR) is 82.8 cm³/mol. The number of hydrogen-bond donors (Lipinski definition) is 1. The maximum Gasteiger partial charge on any atom is 0.313 e. The first-order chi connectivity index (χ1) is 10.1. The summed E-state index contributed by atoms with van der Waals surface area (Å²) in [5.41, 5.74) is 8.21. The minimum Gasteiger partial charge on any atom is -0.457 e. The van der Waals surface area contributed by atoms with E-state index in [1.54, 1.807) is 0 Å². The molecule has 3 unspecified atom stereocenters. The molecule has 0 radical (unpaired) electrons. The van der Waals surface area contributed by atoms with Crippen molar-refractivity contribution >= 4 is 5.97 Å². The van der Waals surface area contributed by atoms with Crippen molar-refractivity contribution in [3.05, 3.63) is 35.4 Å². The van der Waals surface area contributed by atoms with Crippen molar-refractivity contribution in [2.75, 3.05) is 0 Å². The SMILES string of the molecule is CC1(C(=O)OC2CCCc3ccccc32)CCCCC1N. The highest BCUT2D eigenvalue weighted by atomic mass is 16.5. The number of carbonyl (C=O) groups is 1. The largest absolute Gasteiger partial charge is 0.457 e. The highest BCUT2D eigenvalue weighted by Gasteiger charge is 2.43. The first-order valence-corrected chi connectivity index (χ1v) is 8.16. The van der Waals surface area contributed by atoms with Gasteiger partial charge in [0.2, 0.25) is 0 Å². The number of aryl methyl sites for hydroxylation is 1. The molecule has 3 rings (SSSR count). The van der Waals surface area contributed by atoms with Crippen molar-refractivity contribution in [2.24, 2.45) is 11.1 Å². The molecule has 1 aromatic carbocycles. The van der Waals surface area contributed by atoms with Gasteiger partial charge in [0.1, 0.15) is 6.10 Å². The van der Waals surface area contributed by atoms with Crippen molar-refractivity contribution < 1.29 is 9.53 Å². The van der Waals surface area contributed by atoms with Crippen LogP contribution in [0.2, 0.25) is 0 Å². The summed E-state index contributed by atoms with van der Waals surface area (Å²) in [5, 5.41) is 0. The summed E-state index contributed by atoms with van der Waals surface area (Å²) >= 11 is 0. The van der Waals surface area contributed by atoms with Crippen LogP contribution in [0.25, 0.3) is 0 Å². The molecule has 0 amide bonds. The van der Waals surface area contributed by atoms with Crippen LogP contribution in [0.5, 0.6) is 0 Å². The van der Waals surface area contributed by atoms with Crippen molar-refractivity contribution in [3.63, 3.8) is 0 Å². The zero-order valence-electron chi connectivity index (χ0n) is 12.8. The van der Waals surface area contributed by atoms with E-state index in [1.165, 1.54) is 11.1 Å². The smallest absolute Gasteiger partial charge is 0.313 e. The van der Waals surface area contributed by atoms with Crippen LogP contribution in [-0.2, 0) is 16.0 Å². The molecule has 3 nitrogen and oxygen atoms in total. The van der Waals surface area contributed by atoms with Gasteiger partial charge in [-0.05, 0) is 50.2 Å². The summed E-state index contributed by atoms with van der Waals surface area (Å²) in [5.74, 6) is -0.101. The molecule has 1 aromatic rings. The first-order valence-electron chi connectivity index (χ1n) is 8.16. The van der Waals surface area contributed by atoms with E-state index in [2.05, 4.69) is 18.2 Å². The lowest BCUT2D eigenvalue weighted by molar-refractivity contribution is -0.165. The van der Waals surface area contributed by atoms with Crippen LogP contribution in [0.1, 0.15) is 62.7 Å². The molecule has 21 heavy (non-hydrogen) atoms. The Labute approximate surface area is 126 Å². The molecule has 0 spiro atoms. The summed E-state index contributed by atoms with van der Waals surface area (Å²) in [6.45, 7) is 1.98. The van der Waals surface area contributed by atoms with Gasteiger partial charge in [-0.1, -0.05) is 37.1 Å². The molecule has 2 aliphatic carbocycles. The number of carbonyl (C=O) groups excluding carboxylic acids is 1. The van der Waals surface area contributed by atoms with Crippen LogP contribution in [0, 0.1) is 5.41 Å². The first kappa shape index (κ1) is 14.6. The predicted octanol–water partition coefficient (Wildman–Crippen LogP) is 3.51. The van der Waals surface area contributed by atoms with E-state index < -0.39 is 5.41 Å². The fraction of sp³-hybridized carbons (Fsp3) is 0.611. The molecule has 0 aromatic heterocycles. The van der Waals surface area contributed by atoms with Crippen LogP contribution < -0.4 is 5.73 Å². The fourth-order valence-corrected chi connectivity index (χ4v) is 3.71. The highest BCUT2D eigenvalue weighted by molar-refractivity contribution is 5.77. The highest BCUT2D eigenvalue weighted by Crippen LogP contribution is 2.39. The van der Waals surface area contributed by atoms with Gasteiger partial charge in [0, 0.05) is 6.04 Å². The average molecular weight is 287 g/mol. The lowest BCUT2D eigenvalue weighted by atomic mass is 9.72. The van der Waals surface area contributed by atoms with Crippen molar-refractivity contribution in [1.29, 1.82) is 0 Å². The minimum absolute atomic E-state index is 0.0717. The van der Waals surface area contributed by atoms with Gasteiger partial charge >= 0.3 is 5.97 Å². The van der Waals surface area contributed by atoms with Crippen molar-refractivity contribution in [1.82, 2.24) is 0 Å².